The summed E-state index contributed by atoms with van der Waals surface area (Å²) in [6, 6.07) is 14.5. The lowest BCUT2D eigenvalue weighted by Gasteiger charge is -2.26. The molecule has 1 saturated carbocycles. The van der Waals surface area contributed by atoms with Crippen molar-refractivity contribution in [2.75, 3.05) is 38.0 Å². The lowest BCUT2D eigenvalue weighted by Crippen LogP contribution is -2.38. The molecular formula is C24H28N2O3. The summed E-state index contributed by atoms with van der Waals surface area (Å²) in [5.74, 6) is -2.06. The van der Waals surface area contributed by atoms with Gasteiger partial charge in [-0.2, -0.15) is 0 Å². The average Bonchev–Trinajstić information content (AvgIpc) is 2.73. The predicted molar refractivity (Wildman–Crippen MR) is 116 cm³/mol. The maximum Gasteiger partial charge on any atom is 0.173 e. The van der Waals surface area contributed by atoms with Gasteiger partial charge in [-0.25, -0.2) is 0 Å². The molecule has 0 bridgehead atoms. The van der Waals surface area contributed by atoms with Crippen molar-refractivity contribution >= 4 is 28.7 Å². The number of carbonyl (C=O) groups is 3. The molecule has 0 N–H and O–H groups in total. The Labute approximate surface area is 172 Å². The number of benzene rings is 2. The van der Waals surface area contributed by atoms with E-state index in [0.29, 0.717) is 30.4 Å². The van der Waals surface area contributed by atoms with Crippen LogP contribution in [0.5, 0.6) is 0 Å². The maximum atomic E-state index is 13.0. The highest BCUT2D eigenvalue weighted by Gasteiger charge is 2.39. The van der Waals surface area contributed by atoms with E-state index in [-0.39, 0.29) is 17.3 Å². The summed E-state index contributed by atoms with van der Waals surface area (Å²) in [6.07, 6.45) is 1.72. The minimum Gasteiger partial charge on any atom is -0.378 e. The first-order chi connectivity index (χ1) is 13.8. The van der Waals surface area contributed by atoms with Gasteiger partial charge in [0.25, 0.3) is 0 Å². The number of nitrogens with zero attached hydrogens (tertiary/aromatic N) is 2. The van der Waals surface area contributed by atoms with E-state index in [1.165, 1.54) is 0 Å². The molecule has 2 atom stereocenters. The number of hydrogen-bond donors (Lipinski definition) is 0. The number of carbonyl (C=O) groups excluding carboxylic acids is 3. The summed E-state index contributed by atoms with van der Waals surface area (Å²) < 4.78 is 0. The summed E-state index contributed by atoms with van der Waals surface area (Å²) in [5.41, 5.74) is 3.03. The van der Waals surface area contributed by atoms with Crippen LogP contribution in [0.15, 0.2) is 48.5 Å². The average molecular weight is 392 g/mol. The molecule has 1 aliphatic carbocycles. The number of rotatable bonds is 6. The van der Waals surface area contributed by atoms with Crippen LogP contribution in [0.1, 0.15) is 40.0 Å². The molecule has 5 heteroatoms. The van der Waals surface area contributed by atoms with E-state index < -0.39 is 11.8 Å². The van der Waals surface area contributed by atoms with Crippen LogP contribution >= 0.6 is 0 Å². The Hall–Kier alpha value is -2.95. The van der Waals surface area contributed by atoms with Gasteiger partial charge in [-0.3, -0.25) is 14.4 Å². The maximum absolute atomic E-state index is 13.0. The van der Waals surface area contributed by atoms with Crippen molar-refractivity contribution in [3.8, 4) is 0 Å². The smallest absolute Gasteiger partial charge is 0.173 e. The van der Waals surface area contributed by atoms with Crippen LogP contribution in [0.3, 0.4) is 0 Å². The standard InChI is InChI=1S/C24H28N2O3/c1-25(2)18-12-8-16(9-13-18)22(27)20-6-5-7-21(24(20)29)23(28)17-10-14-19(15-11-17)26(3)4/h8-15,20-21H,5-7H2,1-4H3. The molecule has 2 aromatic carbocycles. The Balaban J connectivity index is 1.76. The number of Topliss-reactive ketones (excluding diaryl/α,β-unsaturated/α-hetero) is 3. The van der Waals surface area contributed by atoms with E-state index in [0.717, 1.165) is 11.4 Å². The minimum absolute atomic E-state index is 0.180. The van der Waals surface area contributed by atoms with Gasteiger partial charge in [0.15, 0.2) is 17.3 Å². The van der Waals surface area contributed by atoms with Gasteiger partial charge >= 0.3 is 0 Å². The van der Waals surface area contributed by atoms with Crippen molar-refractivity contribution in [2.45, 2.75) is 19.3 Å². The van der Waals surface area contributed by atoms with Gasteiger partial charge in [-0.05, 0) is 61.4 Å². The first-order valence-corrected chi connectivity index (χ1v) is 9.96. The Morgan fingerprint density at radius 2 is 1.03 bits per heavy atom. The molecule has 2 unspecified atom stereocenters. The van der Waals surface area contributed by atoms with Gasteiger partial charge in [0.2, 0.25) is 0 Å². The van der Waals surface area contributed by atoms with Gasteiger partial charge in [-0.1, -0.05) is 6.42 Å². The summed E-state index contributed by atoms with van der Waals surface area (Å²) in [6.45, 7) is 0. The molecule has 29 heavy (non-hydrogen) atoms. The summed E-state index contributed by atoms with van der Waals surface area (Å²) in [5, 5.41) is 0. The molecule has 0 saturated heterocycles. The van der Waals surface area contributed by atoms with Gasteiger partial charge in [0, 0.05) is 50.7 Å². The van der Waals surface area contributed by atoms with Crippen LogP contribution in [0, 0.1) is 11.8 Å². The molecule has 0 radical (unpaired) electrons. The number of ketones is 3. The van der Waals surface area contributed by atoms with Gasteiger partial charge in [0.05, 0.1) is 11.8 Å². The second-order valence-electron chi connectivity index (χ2n) is 8.05. The third-order valence-electron chi connectivity index (χ3n) is 5.64. The number of hydrogen-bond acceptors (Lipinski definition) is 5. The van der Waals surface area contributed by atoms with Crippen molar-refractivity contribution < 1.29 is 14.4 Å². The van der Waals surface area contributed by atoms with Crippen LogP contribution in [0.25, 0.3) is 0 Å². The highest BCUT2D eigenvalue weighted by molar-refractivity contribution is 6.19. The topological polar surface area (TPSA) is 57.7 Å². The zero-order valence-corrected chi connectivity index (χ0v) is 17.5. The van der Waals surface area contributed by atoms with E-state index in [1.54, 1.807) is 24.3 Å². The molecule has 3 rings (SSSR count). The largest absolute Gasteiger partial charge is 0.378 e. The van der Waals surface area contributed by atoms with Crippen molar-refractivity contribution in [1.29, 1.82) is 0 Å². The van der Waals surface area contributed by atoms with Crippen molar-refractivity contribution in [3.05, 3.63) is 59.7 Å². The lowest BCUT2D eigenvalue weighted by atomic mass is 9.74. The minimum atomic E-state index is -0.732. The molecule has 0 amide bonds. The van der Waals surface area contributed by atoms with Crippen molar-refractivity contribution in [3.63, 3.8) is 0 Å². The van der Waals surface area contributed by atoms with Gasteiger partial charge < -0.3 is 9.80 Å². The van der Waals surface area contributed by atoms with E-state index in [9.17, 15) is 14.4 Å². The van der Waals surface area contributed by atoms with E-state index in [4.69, 9.17) is 0 Å². The van der Waals surface area contributed by atoms with Crippen LogP contribution in [0.4, 0.5) is 11.4 Å². The summed E-state index contributed by atoms with van der Waals surface area (Å²) in [7, 11) is 7.73. The fourth-order valence-corrected chi connectivity index (χ4v) is 3.82. The molecule has 0 spiro atoms. The molecule has 2 aromatic rings. The van der Waals surface area contributed by atoms with E-state index in [2.05, 4.69) is 0 Å². The SMILES string of the molecule is CN(C)c1ccc(C(=O)C2CCCC(C(=O)c3ccc(N(C)C)cc3)C2=O)cc1. The third kappa shape index (κ3) is 4.39. The van der Waals surface area contributed by atoms with Crippen LogP contribution < -0.4 is 9.80 Å². The zero-order valence-electron chi connectivity index (χ0n) is 17.5. The van der Waals surface area contributed by atoms with Crippen LogP contribution in [-0.4, -0.2) is 45.5 Å². The fraction of sp³-hybridized carbons (Fsp3) is 0.375. The van der Waals surface area contributed by atoms with Crippen LogP contribution in [0.2, 0.25) is 0 Å². The third-order valence-corrected chi connectivity index (χ3v) is 5.64. The van der Waals surface area contributed by atoms with Crippen LogP contribution in [-0.2, 0) is 4.79 Å². The molecule has 0 aliphatic heterocycles. The zero-order chi connectivity index (χ0) is 21.1. The highest BCUT2D eigenvalue weighted by atomic mass is 16.2. The Kier molecular flexibility index (Phi) is 6.16. The fourth-order valence-electron chi connectivity index (χ4n) is 3.82. The molecular weight excluding hydrogens is 364 g/mol. The molecule has 152 valence electrons. The Morgan fingerprint density at radius 1 is 0.690 bits per heavy atom. The lowest BCUT2D eigenvalue weighted by molar-refractivity contribution is -0.125. The first kappa shape index (κ1) is 20.8. The quantitative estimate of drug-likeness (QED) is 0.552. The normalized spacial score (nSPS) is 19.0. The van der Waals surface area contributed by atoms with Gasteiger partial charge in [-0.15, -0.1) is 0 Å². The van der Waals surface area contributed by atoms with Crippen molar-refractivity contribution in [1.82, 2.24) is 0 Å². The highest BCUT2D eigenvalue weighted by Crippen LogP contribution is 2.31. The van der Waals surface area contributed by atoms with Crippen molar-refractivity contribution in [2.24, 2.45) is 11.8 Å². The second kappa shape index (κ2) is 8.60. The molecule has 0 heterocycles. The summed E-state index contributed by atoms with van der Waals surface area (Å²) >= 11 is 0. The Bertz CT molecular complexity index is 825. The molecule has 1 fully saturated rings. The predicted octanol–water partition coefficient (Wildman–Crippen LogP) is 3.87. The monoisotopic (exact) mass is 392 g/mol. The van der Waals surface area contributed by atoms with Gasteiger partial charge in [0.1, 0.15) is 0 Å². The van der Waals surface area contributed by atoms with E-state index >= 15 is 0 Å². The molecule has 5 nitrogen and oxygen atoms in total. The second-order valence-corrected chi connectivity index (χ2v) is 8.05. The summed E-state index contributed by atoms with van der Waals surface area (Å²) in [4.78, 5) is 42.9. The molecule has 1 aliphatic rings. The number of anilines is 2. The first-order valence-electron chi connectivity index (χ1n) is 9.96. The molecule has 0 aromatic heterocycles. The Morgan fingerprint density at radius 3 is 1.34 bits per heavy atom. The van der Waals surface area contributed by atoms with E-state index in [1.807, 2.05) is 62.3 Å².